The number of Topliss-reactive ketones (excluding diaryl/α,β-unsaturated/α-hetero) is 1. The zero-order valence-electron chi connectivity index (χ0n) is 13.6. The van der Waals surface area contributed by atoms with Gasteiger partial charge in [-0.2, -0.15) is 0 Å². The van der Waals surface area contributed by atoms with Gasteiger partial charge in [-0.25, -0.2) is 0 Å². The van der Waals surface area contributed by atoms with Crippen molar-refractivity contribution in [2.24, 2.45) is 5.92 Å². The Bertz CT molecular complexity index is 435. The predicted molar refractivity (Wildman–Crippen MR) is 89.6 cm³/mol. The van der Waals surface area contributed by atoms with Gasteiger partial charge in [0, 0.05) is 12.3 Å². The standard InChI is InChI=1S/C20H30O/c1-2-3-4-5-6-7-8-9-14-19-15-17-12-10-11-13-18(17)16-20(19)21/h10-13,19H,2-9,14-16H2,1H3. The molecule has 0 amide bonds. The number of rotatable bonds is 9. The molecule has 2 rings (SSSR count). The third kappa shape index (κ3) is 5.30. The third-order valence-electron chi connectivity index (χ3n) is 4.81. The number of unbranched alkanes of at least 4 members (excludes halogenated alkanes) is 7. The largest absolute Gasteiger partial charge is 0.299 e. The number of carbonyl (C=O) groups excluding carboxylic acids is 1. The molecule has 1 aliphatic carbocycles. The summed E-state index contributed by atoms with van der Waals surface area (Å²) in [6.07, 6.45) is 13.5. The van der Waals surface area contributed by atoms with E-state index in [1.807, 2.05) is 6.07 Å². The van der Waals surface area contributed by atoms with E-state index in [0.717, 1.165) is 12.8 Å². The highest BCUT2D eigenvalue weighted by molar-refractivity contribution is 5.85. The van der Waals surface area contributed by atoms with E-state index in [2.05, 4.69) is 25.1 Å². The van der Waals surface area contributed by atoms with E-state index in [0.29, 0.717) is 18.1 Å². The molecule has 1 aliphatic rings. The van der Waals surface area contributed by atoms with Crippen LogP contribution in [-0.4, -0.2) is 5.78 Å². The Hall–Kier alpha value is -1.11. The van der Waals surface area contributed by atoms with Gasteiger partial charge >= 0.3 is 0 Å². The fraction of sp³-hybridized carbons (Fsp3) is 0.650. The molecule has 0 radical (unpaired) electrons. The van der Waals surface area contributed by atoms with E-state index in [-0.39, 0.29) is 0 Å². The number of hydrogen-bond donors (Lipinski definition) is 0. The lowest BCUT2D eigenvalue weighted by atomic mass is 9.80. The first-order valence-corrected chi connectivity index (χ1v) is 8.90. The summed E-state index contributed by atoms with van der Waals surface area (Å²) in [6.45, 7) is 2.26. The maximum atomic E-state index is 12.2. The van der Waals surface area contributed by atoms with Crippen LogP contribution in [0.3, 0.4) is 0 Å². The number of carbonyl (C=O) groups is 1. The van der Waals surface area contributed by atoms with E-state index >= 15 is 0 Å². The van der Waals surface area contributed by atoms with Gasteiger partial charge in [-0.05, 0) is 24.0 Å². The topological polar surface area (TPSA) is 17.1 Å². The predicted octanol–water partition coefficient (Wildman–Crippen LogP) is 5.50. The highest BCUT2D eigenvalue weighted by Crippen LogP contribution is 2.26. The molecule has 0 bridgehead atoms. The van der Waals surface area contributed by atoms with Crippen molar-refractivity contribution in [1.29, 1.82) is 0 Å². The maximum absolute atomic E-state index is 12.2. The number of hydrogen-bond acceptors (Lipinski definition) is 1. The van der Waals surface area contributed by atoms with Crippen molar-refractivity contribution in [2.45, 2.75) is 77.6 Å². The van der Waals surface area contributed by atoms with E-state index in [9.17, 15) is 4.79 Å². The highest BCUT2D eigenvalue weighted by atomic mass is 16.1. The molecule has 0 aromatic heterocycles. The highest BCUT2D eigenvalue weighted by Gasteiger charge is 2.25. The molecule has 116 valence electrons. The van der Waals surface area contributed by atoms with Crippen molar-refractivity contribution < 1.29 is 4.79 Å². The molecule has 1 aromatic carbocycles. The normalized spacial score (nSPS) is 17.8. The van der Waals surface area contributed by atoms with E-state index in [1.165, 1.54) is 62.5 Å². The summed E-state index contributed by atoms with van der Waals surface area (Å²) in [5.74, 6) is 0.761. The number of fused-ring (bicyclic) bond motifs is 1. The zero-order chi connectivity index (χ0) is 14.9. The number of ketones is 1. The Balaban J connectivity index is 1.62. The first-order chi connectivity index (χ1) is 10.3. The van der Waals surface area contributed by atoms with E-state index < -0.39 is 0 Å². The molecule has 1 heteroatoms. The molecule has 1 unspecified atom stereocenters. The molecular formula is C20H30O. The van der Waals surface area contributed by atoms with Crippen LogP contribution in [0.4, 0.5) is 0 Å². The van der Waals surface area contributed by atoms with Crippen molar-refractivity contribution in [3.05, 3.63) is 35.4 Å². The van der Waals surface area contributed by atoms with Gasteiger partial charge < -0.3 is 0 Å². The van der Waals surface area contributed by atoms with Crippen LogP contribution in [0.25, 0.3) is 0 Å². The van der Waals surface area contributed by atoms with Crippen molar-refractivity contribution in [3.63, 3.8) is 0 Å². The summed E-state index contributed by atoms with van der Waals surface area (Å²) in [5, 5.41) is 0. The quantitative estimate of drug-likeness (QED) is 0.548. The summed E-state index contributed by atoms with van der Waals surface area (Å²) in [4.78, 5) is 12.2. The van der Waals surface area contributed by atoms with Gasteiger partial charge in [0.25, 0.3) is 0 Å². The maximum Gasteiger partial charge on any atom is 0.140 e. The second kappa shape index (κ2) is 9.02. The van der Waals surface area contributed by atoms with Crippen LogP contribution in [0.15, 0.2) is 24.3 Å². The summed E-state index contributed by atoms with van der Waals surface area (Å²) < 4.78 is 0. The Labute approximate surface area is 130 Å². The Kier molecular flexibility index (Phi) is 6.99. The summed E-state index contributed by atoms with van der Waals surface area (Å²) in [7, 11) is 0. The van der Waals surface area contributed by atoms with Gasteiger partial charge in [-0.3, -0.25) is 4.79 Å². The van der Waals surface area contributed by atoms with Crippen molar-refractivity contribution in [3.8, 4) is 0 Å². The van der Waals surface area contributed by atoms with Crippen LogP contribution in [0.1, 0.15) is 75.8 Å². The van der Waals surface area contributed by atoms with Gasteiger partial charge in [0.05, 0.1) is 0 Å². The molecule has 1 aromatic rings. The first kappa shape index (κ1) is 16.3. The molecular weight excluding hydrogens is 256 g/mol. The van der Waals surface area contributed by atoms with Gasteiger partial charge in [0.15, 0.2) is 0 Å². The SMILES string of the molecule is CCCCCCCCCCC1Cc2ccccc2CC1=O. The first-order valence-electron chi connectivity index (χ1n) is 8.90. The van der Waals surface area contributed by atoms with Crippen LogP contribution in [0.2, 0.25) is 0 Å². The van der Waals surface area contributed by atoms with E-state index in [1.54, 1.807) is 0 Å². The van der Waals surface area contributed by atoms with Crippen LogP contribution in [-0.2, 0) is 17.6 Å². The zero-order valence-corrected chi connectivity index (χ0v) is 13.6. The van der Waals surface area contributed by atoms with Crippen molar-refractivity contribution >= 4 is 5.78 Å². The Morgan fingerprint density at radius 3 is 2.24 bits per heavy atom. The summed E-state index contributed by atoms with van der Waals surface area (Å²) >= 11 is 0. The molecule has 1 nitrogen and oxygen atoms in total. The van der Waals surface area contributed by atoms with Crippen molar-refractivity contribution in [1.82, 2.24) is 0 Å². The van der Waals surface area contributed by atoms with Crippen LogP contribution < -0.4 is 0 Å². The fourth-order valence-electron chi connectivity index (χ4n) is 3.43. The van der Waals surface area contributed by atoms with Crippen LogP contribution in [0, 0.1) is 5.92 Å². The minimum absolute atomic E-state index is 0.292. The monoisotopic (exact) mass is 286 g/mol. The molecule has 0 fully saturated rings. The summed E-state index contributed by atoms with van der Waals surface area (Å²) in [5.41, 5.74) is 2.66. The van der Waals surface area contributed by atoms with Crippen LogP contribution >= 0.6 is 0 Å². The average Bonchev–Trinajstić information content (AvgIpc) is 2.50. The smallest absolute Gasteiger partial charge is 0.140 e. The lowest BCUT2D eigenvalue weighted by molar-refractivity contribution is -0.122. The lowest BCUT2D eigenvalue weighted by Crippen LogP contribution is -2.25. The van der Waals surface area contributed by atoms with Gasteiger partial charge in [0.1, 0.15) is 5.78 Å². The molecule has 0 spiro atoms. The molecule has 0 heterocycles. The second-order valence-corrected chi connectivity index (χ2v) is 6.58. The Morgan fingerprint density at radius 1 is 0.905 bits per heavy atom. The fourth-order valence-corrected chi connectivity index (χ4v) is 3.43. The summed E-state index contributed by atoms with van der Waals surface area (Å²) in [6, 6.07) is 8.45. The van der Waals surface area contributed by atoms with Crippen LogP contribution in [0.5, 0.6) is 0 Å². The van der Waals surface area contributed by atoms with E-state index in [4.69, 9.17) is 0 Å². The minimum Gasteiger partial charge on any atom is -0.299 e. The number of benzene rings is 1. The molecule has 0 aliphatic heterocycles. The molecule has 0 saturated heterocycles. The minimum atomic E-state index is 0.292. The molecule has 21 heavy (non-hydrogen) atoms. The van der Waals surface area contributed by atoms with Gasteiger partial charge in [-0.15, -0.1) is 0 Å². The third-order valence-corrected chi connectivity index (χ3v) is 4.81. The molecule has 0 N–H and O–H groups in total. The lowest BCUT2D eigenvalue weighted by Gasteiger charge is -2.23. The van der Waals surface area contributed by atoms with Crippen molar-refractivity contribution in [2.75, 3.05) is 0 Å². The van der Waals surface area contributed by atoms with Gasteiger partial charge in [0.2, 0.25) is 0 Å². The average molecular weight is 286 g/mol. The second-order valence-electron chi connectivity index (χ2n) is 6.58. The van der Waals surface area contributed by atoms with Gasteiger partial charge in [-0.1, -0.05) is 82.6 Å². The molecule has 1 atom stereocenters. The Morgan fingerprint density at radius 2 is 1.52 bits per heavy atom. The molecule has 0 saturated carbocycles.